The summed E-state index contributed by atoms with van der Waals surface area (Å²) in [5.41, 5.74) is 0. The number of ether oxygens (including phenoxy) is 1. The van der Waals surface area contributed by atoms with Gasteiger partial charge in [-0.05, 0) is 38.0 Å². The molecule has 2 unspecified atom stereocenters. The van der Waals surface area contributed by atoms with E-state index in [1.807, 2.05) is 0 Å². The summed E-state index contributed by atoms with van der Waals surface area (Å²) in [7, 11) is 0. The molecule has 0 aliphatic heterocycles. The van der Waals surface area contributed by atoms with Gasteiger partial charge in [0.25, 0.3) is 0 Å². The summed E-state index contributed by atoms with van der Waals surface area (Å²) in [5.74, 6) is 1.40. The minimum absolute atomic E-state index is 0.292. The number of hydrogen-bond donors (Lipinski definition) is 0. The number of hydrogen-bond acceptors (Lipinski definition) is 2. The highest BCUT2D eigenvalue weighted by molar-refractivity contribution is 5.81. The van der Waals surface area contributed by atoms with Gasteiger partial charge in [-0.25, -0.2) is 0 Å². The normalized spacial score (nSPS) is 25.2. The first-order valence-electron chi connectivity index (χ1n) is 6.77. The van der Waals surface area contributed by atoms with E-state index in [1.54, 1.807) is 0 Å². The van der Waals surface area contributed by atoms with E-state index in [9.17, 15) is 4.79 Å². The molecule has 2 nitrogen and oxygen atoms in total. The Kier molecular flexibility index (Phi) is 6.04. The lowest BCUT2D eigenvalue weighted by atomic mass is 9.96. The topological polar surface area (TPSA) is 26.3 Å². The van der Waals surface area contributed by atoms with E-state index in [2.05, 4.69) is 20.8 Å². The number of Topliss-reactive ketones (excluding diaryl/α,β-unsaturated/α-hetero) is 1. The molecule has 0 bridgehead atoms. The highest BCUT2D eigenvalue weighted by Crippen LogP contribution is 2.30. The molecule has 0 aromatic rings. The van der Waals surface area contributed by atoms with Crippen LogP contribution in [0, 0.1) is 11.8 Å². The van der Waals surface area contributed by atoms with Crippen LogP contribution in [0.1, 0.15) is 59.3 Å². The van der Waals surface area contributed by atoms with Crippen molar-refractivity contribution in [2.45, 2.75) is 65.4 Å². The zero-order valence-electron chi connectivity index (χ0n) is 11.0. The van der Waals surface area contributed by atoms with Crippen molar-refractivity contribution in [2.75, 3.05) is 6.61 Å². The van der Waals surface area contributed by atoms with Gasteiger partial charge in [0.15, 0.2) is 0 Å². The summed E-state index contributed by atoms with van der Waals surface area (Å²) in [6, 6.07) is 0. The van der Waals surface area contributed by atoms with E-state index in [0.29, 0.717) is 23.7 Å². The highest BCUT2D eigenvalue weighted by Gasteiger charge is 2.29. The zero-order valence-corrected chi connectivity index (χ0v) is 11.0. The number of carbonyl (C=O) groups is 1. The lowest BCUT2D eigenvalue weighted by Gasteiger charge is -2.12. The van der Waals surface area contributed by atoms with E-state index in [-0.39, 0.29) is 0 Å². The first-order chi connectivity index (χ1) is 7.63. The molecule has 1 fully saturated rings. The minimum Gasteiger partial charge on any atom is -0.378 e. The SMILES string of the molecule is CCCOC1CCC(C(=O)CCC(C)C)C1. The third kappa shape index (κ3) is 4.65. The predicted molar refractivity (Wildman–Crippen MR) is 66.5 cm³/mol. The molecule has 0 N–H and O–H groups in total. The third-order valence-corrected chi connectivity index (χ3v) is 3.37. The van der Waals surface area contributed by atoms with Crippen LogP contribution >= 0.6 is 0 Å². The molecule has 1 rings (SSSR count). The maximum Gasteiger partial charge on any atom is 0.136 e. The fraction of sp³-hybridized carbons (Fsp3) is 0.929. The Hall–Kier alpha value is -0.370. The standard InChI is InChI=1S/C14H26O2/c1-4-9-16-13-7-6-12(10-13)14(15)8-5-11(2)3/h11-13H,4-10H2,1-3H3. The Morgan fingerprint density at radius 1 is 1.38 bits per heavy atom. The molecule has 1 saturated carbocycles. The molecule has 94 valence electrons. The molecule has 0 aromatic carbocycles. The van der Waals surface area contributed by atoms with Crippen molar-refractivity contribution in [3.63, 3.8) is 0 Å². The van der Waals surface area contributed by atoms with Gasteiger partial charge in [0.2, 0.25) is 0 Å². The van der Waals surface area contributed by atoms with Gasteiger partial charge in [-0.2, -0.15) is 0 Å². The molecule has 1 aliphatic carbocycles. The van der Waals surface area contributed by atoms with Crippen molar-refractivity contribution in [1.82, 2.24) is 0 Å². The monoisotopic (exact) mass is 226 g/mol. The van der Waals surface area contributed by atoms with E-state index in [1.165, 1.54) is 0 Å². The van der Waals surface area contributed by atoms with Gasteiger partial charge in [0.1, 0.15) is 5.78 Å². The second-order valence-corrected chi connectivity index (χ2v) is 5.40. The third-order valence-electron chi connectivity index (χ3n) is 3.37. The second-order valence-electron chi connectivity index (χ2n) is 5.40. The first kappa shape index (κ1) is 13.7. The molecule has 0 amide bonds. The fourth-order valence-electron chi connectivity index (χ4n) is 2.30. The molecular formula is C14H26O2. The maximum atomic E-state index is 11.9. The van der Waals surface area contributed by atoms with Crippen LogP contribution in [0.15, 0.2) is 0 Å². The summed E-state index contributed by atoms with van der Waals surface area (Å²) in [6.07, 6.45) is 6.33. The summed E-state index contributed by atoms with van der Waals surface area (Å²) >= 11 is 0. The largest absolute Gasteiger partial charge is 0.378 e. The Bertz CT molecular complexity index is 211. The minimum atomic E-state index is 0.292. The van der Waals surface area contributed by atoms with Crippen molar-refractivity contribution >= 4 is 5.78 Å². The summed E-state index contributed by atoms with van der Waals surface area (Å²) in [5, 5.41) is 0. The van der Waals surface area contributed by atoms with Crippen molar-refractivity contribution in [2.24, 2.45) is 11.8 Å². The van der Waals surface area contributed by atoms with Crippen molar-refractivity contribution in [3.05, 3.63) is 0 Å². The number of ketones is 1. The number of carbonyl (C=O) groups excluding carboxylic acids is 1. The molecule has 16 heavy (non-hydrogen) atoms. The summed E-state index contributed by atoms with van der Waals surface area (Å²) in [6.45, 7) is 7.32. The molecule has 0 radical (unpaired) electrons. The van der Waals surface area contributed by atoms with Crippen LogP contribution in [0.3, 0.4) is 0 Å². The summed E-state index contributed by atoms with van der Waals surface area (Å²) in [4.78, 5) is 11.9. The summed E-state index contributed by atoms with van der Waals surface area (Å²) < 4.78 is 5.71. The molecule has 0 heterocycles. The van der Waals surface area contributed by atoms with Gasteiger partial charge >= 0.3 is 0 Å². The predicted octanol–water partition coefficient (Wildman–Crippen LogP) is 3.59. The van der Waals surface area contributed by atoms with Gasteiger partial charge < -0.3 is 4.74 Å². The molecule has 0 aromatic heterocycles. The molecule has 0 saturated heterocycles. The smallest absolute Gasteiger partial charge is 0.136 e. The van der Waals surface area contributed by atoms with Crippen LogP contribution in [0.25, 0.3) is 0 Å². The van der Waals surface area contributed by atoms with Crippen LogP contribution in [0.5, 0.6) is 0 Å². The Balaban J connectivity index is 2.21. The molecular weight excluding hydrogens is 200 g/mol. The van der Waals surface area contributed by atoms with E-state index in [0.717, 1.165) is 45.1 Å². The highest BCUT2D eigenvalue weighted by atomic mass is 16.5. The van der Waals surface area contributed by atoms with Crippen LogP contribution < -0.4 is 0 Å². The Morgan fingerprint density at radius 2 is 2.12 bits per heavy atom. The quantitative estimate of drug-likeness (QED) is 0.663. The lowest BCUT2D eigenvalue weighted by Crippen LogP contribution is -2.15. The van der Waals surface area contributed by atoms with Crippen molar-refractivity contribution in [1.29, 1.82) is 0 Å². The fourth-order valence-corrected chi connectivity index (χ4v) is 2.30. The maximum absolute atomic E-state index is 11.9. The van der Waals surface area contributed by atoms with E-state index in [4.69, 9.17) is 4.74 Å². The second kappa shape index (κ2) is 7.05. The average Bonchev–Trinajstić information content (AvgIpc) is 2.71. The molecule has 0 spiro atoms. The van der Waals surface area contributed by atoms with Gasteiger partial charge in [-0.3, -0.25) is 4.79 Å². The van der Waals surface area contributed by atoms with Crippen LogP contribution in [0.2, 0.25) is 0 Å². The van der Waals surface area contributed by atoms with E-state index < -0.39 is 0 Å². The number of rotatable bonds is 7. The molecule has 2 heteroatoms. The molecule has 1 aliphatic rings. The van der Waals surface area contributed by atoms with Crippen LogP contribution in [-0.4, -0.2) is 18.5 Å². The van der Waals surface area contributed by atoms with Gasteiger partial charge in [-0.1, -0.05) is 20.8 Å². The average molecular weight is 226 g/mol. The molecule has 2 atom stereocenters. The first-order valence-corrected chi connectivity index (χ1v) is 6.77. The Labute approximate surface area is 99.8 Å². The van der Waals surface area contributed by atoms with Crippen molar-refractivity contribution in [3.8, 4) is 0 Å². The van der Waals surface area contributed by atoms with Crippen LogP contribution in [-0.2, 0) is 9.53 Å². The zero-order chi connectivity index (χ0) is 12.0. The Morgan fingerprint density at radius 3 is 2.75 bits per heavy atom. The van der Waals surface area contributed by atoms with E-state index >= 15 is 0 Å². The van der Waals surface area contributed by atoms with Gasteiger partial charge in [0, 0.05) is 18.9 Å². The van der Waals surface area contributed by atoms with Gasteiger partial charge in [0.05, 0.1) is 6.10 Å². The van der Waals surface area contributed by atoms with Crippen LogP contribution in [0.4, 0.5) is 0 Å². The van der Waals surface area contributed by atoms with Crippen molar-refractivity contribution < 1.29 is 9.53 Å². The lowest BCUT2D eigenvalue weighted by molar-refractivity contribution is -0.123. The van der Waals surface area contributed by atoms with Gasteiger partial charge in [-0.15, -0.1) is 0 Å².